The lowest BCUT2D eigenvalue weighted by Crippen LogP contribution is -2.21. The van der Waals surface area contributed by atoms with Crippen LogP contribution in [0.5, 0.6) is 0 Å². The molecule has 30 heavy (non-hydrogen) atoms. The van der Waals surface area contributed by atoms with E-state index in [4.69, 9.17) is 4.98 Å². The summed E-state index contributed by atoms with van der Waals surface area (Å²) in [5.41, 5.74) is 3.93. The molecule has 4 aromatic rings. The molecule has 5 rings (SSSR count). The molecule has 4 heterocycles. The minimum atomic E-state index is 0.358. The molecule has 7 heteroatoms. The molecule has 1 aliphatic heterocycles. The summed E-state index contributed by atoms with van der Waals surface area (Å²) in [6.45, 7) is 8.78. The Morgan fingerprint density at radius 3 is 2.93 bits per heavy atom. The summed E-state index contributed by atoms with van der Waals surface area (Å²) < 4.78 is 2.05. The number of hydrogen-bond acceptors (Lipinski definition) is 6. The molecule has 0 aliphatic carbocycles. The number of rotatable bonds is 6. The molecular formula is C23H24N6S. The van der Waals surface area contributed by atoms with Gasteiger partial charge in [0.1, 0.15) is 5.69 Å². The number of benzene rings is 1. The summed E-state index contributed by atoms with van der Waals surface area (Å²) in [5.74, 6) is 1.79. The Balaban J connectivity index is 1.51. The molecule has 1 atom stereocenters. The minimum Gasteiger partial charge on any atom is -0.297 e. The van der Waals surface area contributed by atoms with Gasteiger partial charge in [0.2, 0.25) is 0 Å². The number of para-hydroxylation sites is 1. The van der Waals surface area contributed by atoms with Crippen LogP contribution in [0.3, 0.4) is 0 Å². The lowest BCUT2D eigenvalue weighted by molar-refractivity contribution is 0.327. The normalized spacial score (nSPS) is 17.2. The molecule has 0 bridgehead atoms. The van der Waals surface area contributed by atoms with Crippen LogP contribution >= 0.6 is 11.8 Å². The monoisotopic (exact) mass is 416 g/mol. The Morgan fingerprint density at radius 1 is 1.17 bits per heavy atom. The zero-order valence-corrected chi connectivity index (χ0v) is 17.8. The highest BCUT2D eigenvalue weighted by Crippen LogP contribution is 2.29. The van der Waals surface area contributed by atoms with Gasteiger partial charge in [0.15, 0.2) is 11.5 Å². The van der Waals surface area contributed by atoms with E-state index in [1.165, 1.54) is 10.5 Å². The number of nitrogens with zero attached hydrogens (tertiary/aromatic N) is 6. The first-order chi connectivity index (χ1) is 14.7. The predicted molar refractivity (Wildman–Crippen MR) is 123 cm³/mol. The third-order valence-corrected chi connectivity index (χ3v) is 6.52. The Hall–Kier alpha value is -2.77. The third-order valence-electron chi connectivity index (χ3n) is 5.59. The number of hydrogen-bond donors (Lipinski definition) is 0. The van der Waals surface area contributed by atoms with Gasteiger partial charge < -0.3 is 0 Å². The van der Waals surface area contributed by atoms with Crippen molar-refractivity contribution in [2.24, 2.45) is 4.99 Å². The second-order valence-electron chi connectivity index (χ2n) is 7.61. The molecule has 6 nitrogen and oxygen atoms in total. The number of aromatic nitrogens is 4. The van der Waals surface area contributed by atoms with Crippen molar-refractivity contribution < 1.29 is 0 Å². The first-order valence-electron chi connectivity index (χ1n) is 10.3. The fraction of sp³-hybridized carbons (Fsp3) is 0.304. The summed E-state index contributed by atoms with van der Waals surface area (Å²) in [6, 6.07) is 15.0. The van der Waals surface area contributed by atoms with Gasteiger partial charge in [-0.05, 0) is 42.7 Å². The predicted octanol–water partition coefficient (Wildman–Crippen LogP) is 4.33. The van der Waals surface area contributed by atoms with E-state index in [-0.39, 0.29) is 0 Å². The average Bonchev–Trinajstić information content (AvgIpc) is 3.40. The smallest absolute Gasteiger partial charge is 0.187 e. The maximum Gasteiger partial charge on any atom is 0.187 e. The molecule has 152 valence electrons. The summed E-state index contributed by atoms with van der Waals surface area (Å²) in [7, 11) is 0. The van der Waals surface area contributed by atoms with Gasteiger partial charge >= 0.3 is 0 Å². The lowest BCUT2D eigenvalue weighted by Gasteiger charge is -2.15. The van der Waals surface area contributed by atoms with Crippen LogP contribution in [0.1, 0.15) is 18.9 Å². The van der Waals surface area contributed by atoms with Crippen molar-refractivity contribution in [1.82, 2.24) is 24.5 Å². The van der Waals surface area contributed by atoms with Crippen molar-refractivity contribution in [3.05, 3.63) is 54.2 Å². The summed E-state index contributed by atoms with van der Waals surface area (Å²) >= 11 is 1.81. The van der Waals surface area contributed by atoms with Crippen molar-refractivity contribution in [1.29, 1.82) is 0 Å². The van der Waals surface area contributed by atoms with Gasteiger partial charge in [-0.15, -0.1) is 22.0 Å². The van der Waals surface area contributed by atoms with Crippen molar-refractivity contribution in [2.45, 2.75) is 30.8 Å². The summed E-state index contributed by atoms with van der Waals surface area (Å²) in [4.78, 5) is 12.8. The molecule has 1 fully saturated rings. The highest BCUT2D eigenvalue weighted by Gasteiger charge is 2.21. The van der Waals surface area contributed by atoms with E-state index in [9.17, 15) is 0 Å². The summed E-state index contributed by atoms with van der Waals surface area (Å²) in [5, 5.41) is 9.96. The highest BCUT2D eigenvalue weighted by molar-refractivity contribution is 7.99. The molecule has 1 aromatic carbocycles. The van der Waals surface area contributed by atoms with Gasteiger partial charge in [0.05, 0.1) is 11.6 Å². The van der Waals surface area contributed by atoms with Gasteiger partial charge in [-0.3, -0.25) is 14.3 Å². The van der Waals surface area contributed by atoms with Crippen molar-refractivity contribution in [3.8, 4) is 11.5 Å². The van der Waals surface area contributed by atoms with E-state index in [0.29, 0.717) is 6.04 Å². The standard InChI is InChI=1S/C23H24N6S/c1-3-30-20-6-4-5-17-8-9-19(25-22(17)20)23-27-26-21-10-7-16(14-29(21)23)13-28-12-11-18(15-28)24-2/h4-10,14,18H,2-3,11-13,15H2,1H3/t18-/m0/s1. The molecule has 1 saturated heterocycles. The zero-order chi connectivity index (χ0) is 20.5. The van der Waals surface area contributed by atoms with Crippen LogP contribution in [0.4, 0.5) is 0 Å². The Bertz CT molecular complexity index is 1220. The van der Waals surface area contributed by atoms with E-state index in [1.807, 2.05) is 23.9 Å². The Kier molecular flexibility index (Phi) is 5.23. The number of pyridine rings is 2. The van der Waals surface area contributed by atoms with Crippen LogP contribution in [-0.4, -0.2) is 56.1 Å². The number of aliphatic imine (C=N–C) groups is 1. The van der Waals surface area contributed by atoms with Crippen LogP contribution in [0.2, 0.25) is 0 Å². The maximum absolute atomic E-state index is 4.97. The fourth-order valence-corrected chi connectivity index (χ4v) is 4.87. The van der Waals surface area contributed by atoms with Crippen LogP contribution < -0.4 is 0 Å². The summed E-state index contributed by atoms with van der Waals surface area (Å²) in [6.07, 6.45) is 3.22. The minimum absolute atomic E-state index is 0.358. The van der Waals surface area contributed by atoms with Gasteiger partial charge in [0.25, 0.3) is 0 Å². The molecule has 0 radical (unpaired) electrons. The van der Waals surface area contributed by atoms with Crippen LogP contribution in [0.15, 0.2) is 58.5 Å². The van der Waals surface area contributed by atoms with Crippen molar-refractivity contribution in [3.63, 3.8) is 0 Å². The first kappa shape index (κ1) is 19.2. The van der Waals surface area contributed by atoms with Crippen LogP contribution in [0.25, 0.3) is 28.1 Å². The molecule has 0 saturated carbocycles. The molecule has 3 aromatic heterocycles. The van der Waals surface area contributed by atoms with Crippen molar-refractivity contribution in [2.75, 3.05) is 18.8 Å². The largest absolute Gasteiger partial charge is 0.297 e. The second-order valence-corrected chi connectivity index (χ2v) is 8.91. The Labute approximate surface area is 180 Å². The molecule has 0 unspecified atom stereocenters. The first-order valence-corrected chi connectivity index (χ1v) is 11.3. The molecule has 1 aliphatic rings. The van der Waals surface area contributed by atoms with E-state index >= 15 is 0 Å². The topological polar surface area (TPSA) is 58.7 Å². The fourth-order valence-electron chi connectivity index (χ4n) is 4.08. The van der Waals surface area contributed by atoms with Crippen LogP contribution in [0, 0.1) is 0 Å². The van der Waals surface area contributed by atoms with E-state index in [0.717, 1.165) is 59.9 Å². The third kappa shape index (κ3) is 3.59. The van der Waals surface area contributed by atoms with E-state index < -0.39 is 0 Å². The molecule has 0 amide bonds. The second kappa shape index (κ2) is 8.16. The number of likely N-dealkylation sites (tertiary alicyclic amines) is 1. The van der Waals surface area contributed by atoms with E-state index in [1.54, 1.807) is 0 Å². The van der Waals surface area contributed by atoms with Gasteiger partial charge in [0, 0.05) is 36.1 Å². The zero-order valence-electron chi connectivity index (χ0n) is 17.0. The van der Waals surface area contributed by atoms with Crippen LogP contribution in [-0.2, 0) is 6.54 Å². The van der Waals surface area contributed by atoms with Crippen molar-refractivity contribution >= 4 is 35.0 Å². The lowest BCUT2D eigenvalue weighted by atomic mass is 10.2. The quantitative estimate of drug-likeness (QED) is 0.346. The number of thioether (sulfide) groups is 1. The number of fused-ring (bicyclic) bond motifs is 2. The van der Waals surface area contributed by atoms with E-state index in [2.05, 4.69) is 74.7 Å². The van der Waals surface area contributed by atoms with Gasteiger partial charge in [-0.25, -0.2) is 4.98 Å². The Morgan fingerprint density at radius 2 is 2.10 bits per heavy atom. The molecule has 0 N–H and O–H groups in total. The maximum atomic E-state index is 4.97. The molecular weight excluding hydrogens is 392 g/mol. The SMILES string of the molecule is C=N[C@H]1CCN(Cc2ccc3nnc(-c4ccc5cccc(SCC)c5n4)n3c2)C1. The molecule has 0 spiro atoms. The average molecular weight is 417 g/mol. The van der Waals surface area contributed by atoms with Gasteiger partial charge in [-0.1, -0.05) is 31.2 Å². The highest BCUT2D eigenvalue weighted by atomic mass is 32.2. The van der Waals surface area contributed by atoms with Gasteiger partial charge in [-0.2, -0.15) is 0 Å².